The van der Waals surface area contributed by atoms with Crippen LogP contribution in [0.2, 0.25) is 0 Å². The monoisotopic (exact) mass is 285 g/mol. The van der Waals surface area contributed by atoms with Gasteiger partial charge >= 0.3 is 6.09 Å². The number of nitrogens with zero attached hydrogens (tertiary/aromatic N) is 3. The fourth-order valence-corrected chi connectivity index (χ4v) is 1.63. The minimum atomic E-state index is -1.00. The molecule has 8 nitrogen and oxygen atoms in total. The Labute approximate surface area is 118 Å². The average molecular weight is 285 g/mol. The standard InChI is InChI=1S/C12H23N5O3/c13-17-16-10-6-1-3-7-11(18)14-8-4-2-5-9-15-12(19)20/h15H,1-10H2,(H,14,18)(H,19,20). The Morgan fingerprint density at radius 3 is 2.30 bits per heavy atom. The molecule has 2 amide bonds. The second kappa shape index (κ2) is 13.5. The molecule has 0 bridgehead atoms. The van der Waals surface area contributed by atoms with E-state index in [0.717, 1.165) is 38.5 Å². The van der Waals surface area contributed by atoms with Crippen LogP contribution >= 0.6 is 0 Å². The number of carbonyl (C=O) groups is 2. The smallest absolute Gasteiger partial charge is 0.404 e. The predicted molar refractivity (Wildman–Crippen MR) is 75.4 cm³/mol. The Morgan fingerprint density at radius 2 is 1.65 bits per heavy atom. The van der Waals surface area contributed by atoms with E-state index in [9.17, 15) is 9.59 Å². The summed E-state index contributed by atoms with van der Waals surface area (Å²) < 4.78 is 0. The number of carbonyl (C=O) groups excluding carboxylic acids is 1. The minimum Gasteiger partial charge on any atom is -0.465 e. The number of unbranched alkanes of at least 4 members (excludes halogenated alkanes) is 4. The van der Waals surface area contributed by atoms with Crippen molar-refractivity contribution in [2.75, 3.05) is 19.6 Å². The van der Waals surface area contributed by atoms with Gasteiger partial charge in [-0.2, -0.15) is 0 Å². The second-order valence-corrected chi connectivity index (χ2v) is 4.41. The molecule has 0 rings (SSSR count). The van der Waals surface area contributed by atoms with Gasteiger partial charge in [0.2, 0.25) is 5.91 Å². The van der Waals surface area contributed by atoms with Gasteiger partial charge in [-0.25, -0.2) is 4.79 Å². The number of hydrogen-bond acceptors (Lipinski definition) is 3. The van der Waals surface area contributed by atoms with Gasteiger partial charge in [0, 0.05) is 31.0 Å². The number of hydrogen-bond donors (Lipinski definition) is 3. The maximum Gasteiger partial charge on any atom is 0.404 e. The number of amides is 2. The van der Waals surface area contributed by atoms with Crippen LogP contribution in [0, 0.1) is 0 Å². The molecule has 0 spiro atoms. The lowest BCUT2D eigenvalue weighted by Gasteiger charge is -2.05. The number of nitrogens with one attached hydrogen (secondary N) is 2. The molecule has 0 aliphatic heterocycles. The largest absolute Gasteiger partial charge is 0.465 e. The normalized spacial score (nSPS) is 9.60. The molecule has 0 fully saturated rings. The molecular weight excluding hydrogens is 262 g/mol. The van der Waals surface area contributed by atoms with Gasteiger partial charge in [0.15, 0.2) is 0 Å². The van der Waals surface area contributed by atoms with Crippen molar-refractivity contribution < 1.29 is 14.7 Å². The van der Waals surface area contributed by atoms with Crippen LogP contribution in [0.3, 0.4) is 0 Å². The summed E-state index contributed by atoms with van der Waals surface area (Å²) in [6.07, 6.45) is 4.50. The van der Waals surface area contributed by atoms with Crippen molar-refractivity contribution in [1.29, 1.82) is 0 Å². The molecule has 0 aromatic carbocycles. The van der Waals surface area contributed by atoms with Crippen molar-refractivity contribution in [3.05, 3.63) is 10.4 Å². The lowest BCUT2D eigenvalue weighted by molar-refractivity contribution is -0.121. The zero-order valence-corrected chi connectivity index (χ0v) is 11.7. The van der Waals surface area contributed by atoms with E-state index in [2.05, 4.69) is 20.7 Å². The van der Waals surface area contributed by atoms with Crippen LogP contribution in [-0.4, -0.2) is 36.7 Å². The van der Waals surface area contributed by atoms with Crippen molar-refractivity contribution in [3.8, 4) is 0 Å². The van der Waals surface area contributed by atoms with Crippen LogP contribution in [0.15, 0.2) is 5.11 Å². The van der Waals surface area contributed by atoms with E-state index in [1.807, 2.05) is 0 Å². The third-order valence-corrected chi connectivity index (χ3v) is 2.68. The van der Waals surface area contributed by atoms with Crippen LogP contribution < -0.4 is 10.6 Å². The number of rotatable bonds is 12. The topological polar surface area (TPSA) is 127 Å². The zero-order chi connectivity index (χ0) is 15.1. The Hall–Kier alpha value is -1.95. The van der Waals surface area contributed by atoms with E-state index >= 15 is 0 Å². The molecule has 0 aliphatic carbocycles. The molecule has 0 aromatic heterocycles. The molecule has 3 N–H and O–H groups in total. The highest BCUT2D eigenvalue weighted by Gasteiger charge is 2.00. The van der Waals surface area contributed by atoms with Crippen LogP contribution in [0.5, 0.6) is 0 Å². The van der Waals surface area contributed by atoms with E-state index in [4.69, 9.17) is 10.6 Å². The van der Waals surface area contributed by atoms with Crippen LogP contribution in [-0.2, 0) is 4.79 Å². The first-order chi connectivity index (χ1) is 9.66. The number of carboxylic acid groups (broad SMARTS) is 1. The fraction of sp³-hybridized carbons (Fsp3) is 0.833. The highest BCUT2D eigenvalue weighted by atomic mass is 16.4. The molecule has 0 atom stereocenters. The van der Waals surface area contributed by atoms with E-state index in [-0.39, 0.29) is 5.91 Å². The van der Waals surface area contributed by atoms with E-state index < -0.39 is 6.09 Å². The van der Waals surface area contributed by atoms with Gasteiger partial charge in [0.1, 0.15) is 0 Å². The van der Waals surface area contributed by atoms with Gasteiger partial charge < -0.3 is 15.7 Å². The third-order valence-electron chi connectivity index (χ3n) is 2.68. The molecular formula is C12H23N5O3. The highest BCUT2D eigenvalue weighted by Crippen LogP contribution is 2.00. The fourth-order valence-electron chi connectivity index (χ4n) is 1.63. The molecule has 0 saturated heterocycles. The Bertz CT molecular complexity index is 329. The summed E-state index contributed by atoms with van der Waals surface area (Å²) in [7, 11) is 0. The predicted octanol–water partition coefficient (Wildman–Crippen LogP) is 2.41. The Morgan fingerprint density at radius 1 is 1.00 bits per heavy atom. The maximum atomic E-state index is 11.4. The summed E-state index contributed by atoms with van der Waals surface area (Å²) in [6, 6.07) is 0. The highest BCUT2D eigenvalue weighted by molar-refractivity contribution is 5.75. The minimum absolute atomic E-state index is 0.0393. The first-order valence-corrected chi connectivity index (χ1v) is 6.91. The van der Waals surface area contributed by atoms with Crippen molar-refractivity contribution in [1.82, 2.24) is 10.6 Å². The molecule has 8 heteroatoms. The SMILES string of the molecule is [N-]=[N+]=NCCCCCC(=O)NCCCCCNC(=O)O. The Balaban J connectivity index is 3.24. The van der Waals surface area contributed by atoms with Gasteiger partial charge in [-0.3, -0.25) is 4.79 Å². The second-order valence-electron chi connectivity index (χ2n) is 4.41. The van der Waals surface area contributed by atoms with E-state index in [0.29, 0.717) is 26.1 Å². The summed E-state index contributed by atoms with van der Waals surface area (Å²) in [4.78, 5) is 24.3. The van der Waals surface area contributed by atoms with Crippen LogP contribution in [0.4, 0.5) is 4.79 Å². The third kappa shape index (κ3) is 14.1. The molecule has 20 heavy (non-hydrogen) atoms. The summed E-state index contributed by atoms with van der Waals surface area (Å²) in [5.41, 5.74) is 8.07. The first kappa shape index (κ1) is 18.0. The maximum absolute atomic E-state index is 11.4. The van der Waals surface area contributed by atoms with E-state index in [1.165, 1.54) is 0 Å². The lowest BCUT2D eigenvalue weighted by atomic mass is 10.2. The van der Waals surface area contributed by atoms with Gasteiger partial charge in [-0.05, 0) is 37.6 Å². The molecule has 0 saturated carbocycles. The first-order valence-electron chi connectivity index (χ1n) is 6.91. The quantitative estimate of drug-likeness (QED) is 0.220. The average Bonchev–Trinajstić information content (AvgIpc) is 2.41. The van der Waals surface area contributed by atoms with Crippen molar-refractivity contribution in [2.24, 2.45) is 5.11 Å². The van der Waals surface area contributed by atoms with Crippen LogP contribution in [0.25, 0.3) is 10.4 Å². The summed E-state index contributed by atoms with van der Waals surface area (Å²) in [6.45, 7) is 1.57. The summed E-state index contributed by atoms with van der Waals surface area (Å²) in [5, 5.41) is 16.9. The van der Waals surface area contributed by atoms with Crippen molar-refractivity contribution in [3.63, 3.8) is 0 Å². The molecule has 114 valence electrons. The molecule has 0 unspecified atom stereocenters. The van der Waals surface area contributed by atoms with Gasteiger partial charge in [-0.15, -0.1) is 0 Å². The molecule has 0 aromatic rings. The zero-order valence-electron chi connectivity index (χ0n) is 11.7. The van der Waals surface area contributed by atoms with E-state index in [1.54, 1.807) is 0 Å². The molecule has 0 radical (unpaired) electrons. The Kier molecular flexibility index (Phi) is 12.2. The number of azide groups is 1. The summed E-state index contributed by atoms with van der Waals surface area (Å²) >= 11 is 0. The molecule has 0 heterocycles. The summed E-state index contributed by atoms with van der Waals surface area (Å²) in [5.74, 6) is 0.0393. The van der Waals surface area contributed by atoms with Crippen molar-refractivity contribution in [2.45, 2.75) is 44.9 Å². The van der Waals surface area contributed by atoms with Gasteiger partial charge in [0.25, 0.3) is 0 Å². The lowest BCUT2D eigenvalue weighted by Crippen LogP contribution is -2.24. The molecule has 0 aliphatic rings. The van der Waals surface area contributed by atoms with Crippen LogP contribution in [0.1, 0.15) is 44.9 Å². The van der Waals surface area contributed by atoms with Gasteiger partial charge in [-0.1, -0.05) is 11.5 Å². The van der Waals surface area contributed by atoms with Gasteiger partial charge in [0.05, 0.1) is 0 Å². The van der Waals surface area contributed by atoms with Crippen molar-refractivity contribution >= 4 is 12.0 Å².